The minimum absolute atomic E-state index is 0.393. The van der Waals surface area contributed by atoms with Gasteiger partial charge in [-0.15, -0.1) is 5.10 Å². The van der Waals surface area contributed by atoms with Gasteiger partial charge >= 0.3 is 0 Å². The summed E-state index contributed by atoms with van der Waals surface area (Å²) in [4.78, 5) is 24.0. The molecule has 0 bridgehead atoms. The quantitative estimate of drug-likeness (QED) is 0.847. The Kier molecular flexibility index (Phi) is 4.65. The second-order valence-corrected chi connectivity index (χ2v) is 5.01. The molecule has 0 radical (unpaired) electrons. The van der Waals surface area contributed by atoms with Gasteiger partial charge in [0.2, 0.25) is 0 Å². The molecule has 20 heavy (non-hydrogen) atoms. The predicted molar refractivity (Wildman–Crippen MR) is 75.7 cm³/mol. The average molecular weight is 311 g/mol. The van der Waals surface area contributed by atoms with E-state index in [9.17, 15) is 9.59 Å². The Balaban J connectivity index is 1.96. The second-order valence-electron chi connectivity index (χ2n) is 3.82. The van der Waals surface area contributed by atoms with Crippen LogP contribution in [-0.2, 0) is 6.42 Å². The van der Waals surface area contributed by atoms with Gasteiger partial charge in [-0.05, 0) is 42.2 Å². The van der Waals surface area contributed by atoms with Gasteiger partial charge in [0.1, 0.15) is 4.88 Å². The molecule has 0 spiro atoms. The highest BCUT2D eigenvalue weighted by Gasteiger charge is 2.15. The van der Waals surface area contributed by atoms with Gasteiger partial charge in [-0.25, -0.2) is 0 Å². The summed E-state index contributed by atoms with van der Waals surface area (Å²) in [6.45, 7) is 1.87. The molecule has 2 rings (SSSR count). The zero-order valence-corrected chi connectivity index (χ0v) is 12.1. The number of aromatic nitrogens is 2. The summed E-state index contributed by atoms with van der Waals surface area (Å²) in [6, 6.07) is 6.33. The van der Waals surface area contributed by atoms with Crippen molar-refractivity contribution in [2.75, 3.05) is 0 Å². The Morgan fingerprint density at radius 3 is 2.50 bits per heavy atom. The van der Waals surface area contributed by atoms with E-state index in [-0.39, 0.29) is 0 Å². The van der Waals surface area contributed by atoms with Crippen LogP contribution in [0.5, 0.6) is 0 Å². The molecule has 0 unspecified atom stereocenters. The van der Waals surface area contributed by atoms with Crippen LogP contribution in [0, 0.1) is 0 Å². The van der Waals surface area contributed by atoms with Gasteiger partial charge in [0, 0.05) is 10.6 Å². The van der Waals surface area contributed by atoms with E-state index in [2.05, 4.69) is 20.4 Å². The minimum atomic E-state index is -0.431. The van der Waals surface area contributed by atoms with Crippen LogP contribution in [-0.4, -0.2) is 21.4 Å². The van der Waals surface area contributed by atoms with Gasteiger partial charge in [0.25, 0.3) is 11.8 Å². The smallest absolute Gasteiger partial charge is 0.267 e. The number of hydrazine groups is 1. The summed E-state index contributed by atoms with van der Waals surface area (Å²) in [6.07, 6.45) is 0.602. The van der Waals surface area contributed by atoms with Crippen LogP contribution in [0.2, 0.25) is 5.02 Å². The van der Waals surface area contributed by atoms with Gasteiger partial charge in [0.15, 0.2) is 0 Å². The van der Waals surface area contributed by atoms with Crippen LogP contribution in [0.4, 0.5) is 0 Å². The highest BCUT2D eigenvalue weighted by atomic mass is 35.5. The lowest BCUT2D eigenvalue weighted by Crippen LogP contribution is -2.41. The number of carbonyl (C=O) groups is 2. The fraction of sp³-hybridized carbons (Fsp3) is 0.167. The van der Waals surface area contributed by atoms with Gasteiger partial charge in [0.05, 0.1) is 5.69 Å². The number of aryl methyl sites for hydroxylation is 1. The van der Waals surface area contributed by atoms with E-state index in [0.29, 0.717) is 27.6 Å². The zero-order chi connectivity index (χ0) is 14.5. The molecule has 0 saturated carbocycles. The lowest BCUT2D eigenvalue weighted by Gasteiger charge is -2.06. The molecule has 2 aromatic rings. The molecule has 0 aliphatic carbocycles. The number of amides is 2. The first-order valence-electron chi connectivity index (χ1n) is 5.79. The van der Waals surface area contributed by atoms with Crippen molar-refractivity contribution in [3.63, 3.8) is 0 Å². The summed E-state index contributed by atoms with van der Waals surface area (Å²) < 4.78 is 3.71. The van der Waals surface area contributed by atoms with Crippen molar-refractivity contribution in [2.24, 2.45) is 0 Å². The van der Waals surface area contributed by atoms with Crippen molar-refractivity contribution in [1.82, 2.24) is 20.4 Å². The summed E-state index contributed by atoms with van der Waals surface area (Å²) in [7, 11) is 0. The number of hydrogen-bond acceptors (Lipinski definition) is 5. The van der Waals surface area contributed by atoms with Gasteiger partial charge in [-0.2, -0.15) is 0 Å². The van der Waals surface area contributed by atoms with E-state index in [0.717, 1.165) is 11.5 Å². The van der Waals surface area contributed by atoms with Crippen LogP contribution in [0.3, 0.4) is 0 Å². The molecule has 2 N–H and O–H groups in total. The number of hydrogen-bond donors (Lipinski definition) is 2. The third-order valence-corrected chi connectivity index (χ3v) is 3.51. The molecule has 1 aromatic carbocycles. The average Bonchev–Trinajstić information content (AvgIpc) is 2.93. The first-order chi connectivity index (χ1) is 9.61. The maximum absolute atomic E-state index is 11.9. The topological polar surface area (TPSA) is 84.0 Å². The Labute approximate surface area is 124 Å². The highest BCUT2D eigenvalue weighted by molar-refractivity contribution is 7.08. The zero-order valence-electron chi connectivity index (χ0n) is 10.5. The molecule has 0 atom stereocenters. The van der Waals surface area contributed by atoms with E-state index in [1.54, 1.807) is 24.3 Å². The van der Waals surface area contributed by atoms with Crippen molar-refractivity contribution in [3.8, 4) is 0 Å². The highest BCUT2D eigenvalue weighted by Crippen LogP contribution is 2.11. The molecule has 2 amide bonds. The molecular weight excluding hydrogens is 300 g/mol. The molecule has 6 nitrogen and oxygen atoms in total. The van der Waals surface area contributed by atoms with Gasteiger partial charge in [-0.3, -0.25) is 20.4 Å². The van der Waals surface area contributed by atoms with Crippen molar-refractivity contribution in [2.45, 2.75) is 13.3 Å². The maximum Gasteiger partial charge on any atom is 0.283 e. The van der Waals surface area contributed by atoms with E-state index >= 15 is 0 Å². The second kappa shape index (κ2) is 6.44. The third-order valence-electron chi connectivity index (χ3n) is 2.49. The number of nitrogens with one attached hydrogen (secondary N) is 2. The van der Waals surface area contributed by atoms with Crippen LogP contribution < -0.4 is 10.9 Å². The molecule has 1 heterocycles. The van der Waals surface area contributed by atoms with E-state index < -0.39 is 11.8 Å². The number of carbonyl (C=O) groups excluding carboxylic acids is 2. The minimum Gasteiger partial charge on any atom is -0.267 e. The molecular formula is C12H11ClN4O2S. The SMILES string of the molecule is CCc1nnsc1C(=O)NNC(=O)c1ccc(Cl)cc1. The summed E-state index contributed by atoms with van der Waals surface area (Å²) >= 11 is 6.72. The molecule has 0 fully saturated rings. The molecule has 0 saturated heterocycles. The van der Waals surface area contributed by atoms with E-state index in [1.165, 1.54) is 0 Å². The standard InChI is InChI=1S/C12H11ClN4O2S/c1-2-9-10(20-17-14-9)12(19)16-15-11(18)7-3-5-8(13)6-4-7/h3-6H,2H2,1H3,(H,15,18)(H,16,19). The van der Waals surface area contributed by atoms with Crippen LogP contribution >= 0.6 is 23.1 Å². The van der Waals surface area contributed by atoms with E-state index in [4.69, 9.17) is 11.6 Å². The Morgan fingerprint density at radius 1 is 1.20 bits per heavy atom. The van der Waals surface area contributed by atoms with Crippen LogP contribution in [0.15, 0.2) is 24.3 Å². The Bertz CT molecular complexity index is 627. The van der Waals surface area contributed by atoms with Crippen LogP contribution in [0.1, 0.15) is 32.6 Å². The fourth-order valence-corrected chi connectivity index (χ4v) is 2.23. The van der Waals surface area contributed by atoms with Crippen LogP contribution in [0.25, 0.3) is 0 Å². The normalized spacial score (nSPS) is 10.1. The predicted octanol–water partition coefficient (Wildman–Crippen LogP) is 1.83. The molecule has 104 valence electrons. The van der Waals surface area contributed by atoms with Gasteiger partial charge in [-0.1, -0.05) is 23.0 Å². The molecule has 0 aliphatic heterocycles. The molecule has 0 aliphatic rings. The van der Waals surface area contributed by atoms with E-state index in [1.807, 2.05) is 6.92 Å². The van der Waals surface area contributed by atoms with Crippen molar-refractivity contribution in [3.05, 3.63) is 45.4 Å². The lowest BCUT2D eigenvalue weighted by atomic mass is 10.2. The molecule has 1 aromatic heterocycles. The third kappa shape index (κ3) is 3.31. The fourth-order valence-electron chi connectivity index (χ4n) is 1.46. The summed E-state index contributed by atoms with van der Waals surface area (Å²) in [5, 5.41) is 4.37. The molecule has 8 heteroatoms. The Morgan fingerprint density at radius 2 is 1.85 bits per heavy atom. The number of benzene rings is 1. The van der Waals surface area contributed by atoms with Crippen molar-refractivity contribution < 1.29 is 9.59 Å². The van der Waals surface area contributed by atoms with Gasteiger partial charge < -0.3 is 0 Å². The summed E-state index contributed by atoms with van der Waals surface area (Å²) in [5.74, 6) is -0.857. The Hall–Kier alpha value is -1.99. The summed E-state index contributed by atoms with van der Waals surface area (Å²) in [5.41, 5.74) is 5.66. The van der Waals surface area contributed by atoms with Crippen molar-refractivity contribution >= 4 is 34.9 Å². The largest absolute Gasteiger partial charge is 0.283 e. The first-order valence-corrected chi connectivity index (χ1v) is 6.94. The maximum atomic E-state index is 11.9. The van der Waals surface area contributed by atoms with Crippen molar-refractivity contribution in [1.29, 1.82) is 0 Å². The monoisotopic (exact) mass is 310 g/mol. The lowest BCUT2D eigenvalue weighted by molar-refractivity contribution is 0.0848. The number of nitrogens with zero attached hydrogens (tertiary/aromatic N) is 2. The first kappa shape index (κ1) is 14.4. The number of halogens is 1. The number of rotatable bonds is 3.